The summed E-state index contributed by atoms with van der Waals surface area (Å²) >= 11 is 0. The van der Waals surface area contributed by atoms with Gasteiger partial charge in [-0.25, -0.2) is 0 Å². The third-order valence-corrected chi connectivity index (χ3v) is 5.67. The molecule has 0 aliphatic heterocycles. The number of anilines is 2. The molecule has 4 aromatic carbocycles. The fourth-order valence-electron chi connectivity index (χ4n) is 3.13. The van der Waals surface area contributed by atoms with Gasteiger partial charge in [0.2, 0.25) is 0 Å². The van der Waals surface area contributed by atoms with E-state index < -0.39 is 15.9 Å². The van der Waals surface area contributed by atoms with Gasteiger partial charge in [-0.2, -0.15) is 8.42 Å². The number of nitrogens with two attached hydrogens (primary N) is 2. The van der Waals surface area contributed by atoms with E-state index in [1.54, 1.807) is 60.7 Å². The van der Waals surface area contributed by atoms with Crippen LogP contribution >= 0.6 is 0 Å². The highest BCUT2D eigenvalue weighted by atomic mass is 32.2. The minimum Gasteiger partial charge on any atom is -0.457 e. The predicted molar refractivity (Wildman–Crippen MR) is 128 cm³/mol. The molecule has 0 aromatic heterocycles. The average Bonchev–Trinajstić information content (AvgIpc) is 2.81. The molecule has 34 heavy (non-hydrogen) atoms. The van der Waals surface area contributed by atoms with Gasteiger partial charge in [0.15, 0.2) is 5.78 Å². The van der Waals surface area contributed by atoms with Crippen LogP contribution in [0.25, 0.3) is 0 Å². The Hall–Kier alpha value is -4.34. The van der Waals surface area contributed by atoms with Gasteiger partial charge in [0.25, 0.3) is 10.1 Å². The Morgan fingerprint density at radius 2 is 1.26 bits per heavy atom. The summed E-state index contributed by atoms with van der Waals surface area (Å²) in [5.74, 6) is 1.04. The smallest absolute Gasteiger partial charge is 0.294 e. The Morgan fingerprint density at radius 1 is 0.706 bits per heavy atom. The van der Waals surface area contributed by atoms with Crippen LogP contribution < -0.4 is 20.9 Å². The highest BCUT2D eigenvalue weighted by Gasteiger charge is 2.19. The Bertz CT molecular complexity index is 1450. The van der Waals surface area contributed by atoms with Crippen molar-refractivity contribution in [2.75, 3.05) is 11.5 Å². The zero-order chi connectivity index (χ0) is 24.3. The van der Waals surface area contributed by atoms with Crippen molar-refractivity contribution in [3.05, 3.63) is 102 Å². The largest absolute Gasteiger partial charge is 0.457 e. The van der Waals surface area contributed by atoms with Gasteiger partial charge in [0, 0.05) is 23.0 Å². The summed E-state index contributed by atoms with van der Waals surface area (Å²) in [5, 5.41) is 0. The number of benzene rings is 4. The van der Waals surface area contributed by atoms with Crippen molar-refractivity contribution in [1.82, 2.24) is 0 Å². The van der Waals surface area contributed by atoms with Gasteiger partial charge < -0.3 is 20.9 Å². The summed E-state index contributed by atoms with van der Waals surface area (Å²) in [6, 6.07) is 23.2. The molecule has 5 N–H and O–H groups in total. The summed E-state index contributed by atoms with van der Waals surface area (Å²) in [5.41, 5.74) is 12.8. The molecule has 0 heterocycles. The van der Waals surface area contributed by atoms with Crippen molar-refractivity contribution >= 4 is 27.3 Å². The maximum absolute atomic E-state index is 13.3. The molecule has 0 saturated carbocycles. The molecule has 0 bridgehead atoms. The first-order chi connectivity index (χ1) is 16.2. The van der Waals surface area contributed by atoms with E-state index in [9.17, 15) is 17.8 Å². The van der Waals surface area contributed by atoms with E-state index in [4.69, 9.17) is 20.9 Å². The highest BCUT2D eigenvalue weighted by Crippen LogP contribution is 2.34. The molecule has 8 nitrogen and oxygen atoms in total. The second kappa shape index (κ2) is 9.26. The highest BCUT2D eigenvalue weighted by molar-refractivity contribution is 7.85. The number of carbonyl (C=O) groups is 1. The number of carbonyl (C=O) groups excluding carboxylic acids is 1. The molecule has 0 atom stereocenters. The summed E-state index contributed by atoms with van der Waals surface area (Å²) < 4.78 is 44.2. The Morgan fingerprint density at radius 3 is 1.85 bits per heavy atom. The van der Waals surface area contributed by atoms with Crippen molar-refractivity contribution in [3.8, 4) is 23.0 Å². The molecule has 0 aliphatic carbocycles. The maximum atomic E-state index is 13.3. The van der Waals surface area contributed by atoms with Crippen LogP contribution in [0.15, 0.2) is 95.9 Å². The number of rotatable bonds is 7. The monoisotopic (exact) mass is 476 g/mol. The number of ketones is 1. The first-order valence-electron chi connectivity index (χ1n) is 10.0. The topological polar surface area (TPSA) is 142 Å². The molecule has 0 spiro atoms. The molecular weight excluding hydrogens is 456 g/mol. The Kier molecular flexibility index (Phi) is 6.22. The molecule has 4 aromatic rings. The van der Waals surface area contributed by atoms with Gasteiger partial charge in [-0.15, -0.1) is 0 Å². The molecule has 0 aliphatic rings. The second-order valence-electron chi connectivity index (χ2n) is 7.33. The molecule has 0 fully saturated rings. The van der Waals surface area contributed by atoms with Crippen molar-refractivity contribution in [3.63, 3.8) is 0 Å². The number of nitrogen functional groups attached to an aromatic ring is 2. The van der Waals surface area contributed by atoms with E-state index in [1.807, 2.05) is 0 Å². The first-order valence-corrected chi connectivity index (χ1v) is 11.5. The van der Waals surface area contributed by atoms with Crippen LogP contribution in [0, 0.1) is 0 Å². The average molecular weight is 477 g/mol. The van der Waals surface area contributed by atoms with Gasteiger partial charge in [-0.3, -0.25) is 9.35 Å². The number of ether oxygens (including phenoxy) is 2. The van der Waals surface area contributed by atoms with Gasteiger partial charge >= 0.3 is 0 Å². The van der Waals surface area contributed by atoms with Gasteiger partial charge in [0.05, 0.1) is 10.5 Å². The summed E-state index contributed by atoms with van der Waals surface area (Å²) in [6.45, 7) is 0. The molecule has 4 rings (SSSR count). The Balaban J connectivity index is 1.73. The minimum absolute atomic E-state index is 0.0597. The molecule has 0 unspecified atom stereocenters. The SMILES string of the molecule is Nc1ccc(Oc2ccc(C(=O)c3cccc(S(=O)(=O)O)c3)c(Oc3ccc(N)cc3)c2)cc1. The quantitative estimate of drug-likeness (QED) is 0.194. The maximum Gasteiger partial charge on any atom is 0.294 e. The molecule has 0 radical (unpaired) electrons. The summed E-state index contributed by atoms with van der Waals surface area (Å²) in [6.07, 6.45) is 0. The summed E-state index contributed by atoms with van der Waals surface area (Å²) in [7, 11) is -4.47. The third-order valence-electron chi connectivity index (χ3n) is 4.82. The molecule has 9 heteroatoms. The lowest BCUT2D eigenvalue weighted by molar-refractivity contribution is 0.103. The fraction of sp³-hybridized carbons (Fsp3) is 0. The third kappa shape index (κ3) is 5.34. The lowest BCUT2D eigenvalue weighted by atomic mass is 10.0. The van der Waals surface area contributed by atoms with E-state index in [1.165, 1.54) is 24.3 Å². The molecule has 0 amide bonds. The normalized spacial score (nSPS) is 11.1. The van der Waals surface area contributed by atoms with Crippen LogP contribution in [0.4, 0.5) is 11.4 Å². The predicted octanol–water partition coefficient (Wildman–Crippen LogP) is 4.91. The molecule has 0 saturated heterocycles. The molecular formula is C25H20N2O6S. The van der Waals surface area contributed by atoms with E-state index >= 15 is 0 Å². The van der Waals surface area contributed by atoms with Gasteiger partial charge in [-0.05, 0) is 72.8 Å². The fourth-order valence-corrected chi connectivity index (χ4v) is 3.65. The van der Waals surface area contributed by atoms with Crippen LogP contribution in [-0.2, 0) is 10.1 Å². The standard InChI is InChI=1S/C25H20N2O6S/c26-17-4-8-19(9-5-17)32-21-12-13-23(24(15-21)33-20-10-6-18(27)7-11-20)25(28)16-2-1-3-22(14-16)34(29,30)31/h1-15H,26-27H2,(H,29,30,31). The molecule has 172 valence electrons. The van der Waals surface area contributed by atoms with Gasteiger partial charge in [-0.1, -0.05) is 12.1 Å². The lowest BCUT2D eigenvalue weighted by Gasteiger charge is -2.14. The minimum atomic E-state index is -4.47. The van der Waals surface area contributed by atoms with E-state index in [2.05, 4.69) is 0 Å². The van der Waals surface area contributed by atoms with Crippen LogP contribution in [-0.4, -0.2) is 18.8 Å². The van der Waals surface area contributed by atoms with E-state index in [0.29, 0.717) is 28.6 Å². The zero-order valence-electron chi connectivity index (χ0n) is 17.7. The van der Waals surface area contributed by atoms with E-state index in [0.717, 1.165) is 6.07 Å². The lowest BCUT2D eigenvalue weighted by Crippen LogP contribution is -2.06. The van der Waals surface area contributed by atoms with Crippen LogP contribution in [0.3, 0.4) is 0 Å². The van der Waals surface area contributed by atoms with Crippen LogP contribution in [0.2, 0.25) is 0 Å². The van der Waals surface area contributed by atoms with Crippen LogP contribution in [0.1, 0.15) is 15.9 Å². The van der Waals surface area contributed by atoms with Crippen molar-refractivity contribution < 1.29 is 27.2 Å². The van der Waals surface area contributed by atoms with Crippen molar-refractivity contribution in [1.29, 1.82) is 0 Å². The number of hydrogen-bond donors (Lipinski definition) is 3. The Labute approximate surface area is 196 Å². The van der Waals surface area contributed by atoms with Crippen LogP contribution in [0.5, 0.6) is 23.0 Å². The van der Waals surface area contributed by atoms with Crippen molar-refractivity contribution in [2.45, 2.75) is 4.90 Å². The van der Waals surface area contributed by atoms with Crippen molar-refractivity contribution in [2.24, 2.45) is 0 Å². The zero-order valence-corrected chi connectivity index (χ0v) is 18.5. The van der Waals surface area contributed by atoms with E-state index in [-0.39, 0.29) is 21.8 Å². The number of hydrogen-bond acceptors (Lipinski definition) is 7. The first kappa shape index (κ1) is 22.8. The summed E-state index contributed by atoms with van der Waals surface area (Å²) in [4.78, 5) is 12.9. The van der Waals surface area contributed by atoms with Gasteiger partial charge in [0.1, 0.15) is 23.0 Å². The second-order valence-corrected chi connectivity index (χ2v) is 8.75.